The number of benzene rings is 2. The lowest BCUT2D eigenvalue weighted by Crippen LogP contribution is -2.58. The van der Waals surface area contributed by atoms with E-state index in [1.165, 1.54) is 0 Å². The summed E-state index contributed by atoms with van der Waals surface area (Å²) < 4.78 is 5.44. The molecule has 0 bridgehead atoms. The van der Waals surface area contributed by atoms with Gasteiger partial charge in [-0.3, -0.25) is 14.7 Å². The highest BCUT2D eigenvalue weighted by Crippen LogP contribution is 2.15. The van der Waals surface area contributed by atoms with E-state index in [0.717, 1.165) is 35.8 Å². The van der Waals surface area contributed by atoms with Gasteiger partial charge in [0.05, 0.1) is 0 Å². The number of hydrogen-bond acceptors (Lipinski definition) is 5. The zero-order valence-electron chi connectivity index (χ0n) is 15.4. The van der Waals surface area contributed by atoms with Crippen LogP contribution in [-0.4, -0.2) is 41.0 Å². The lowest BCUT2D eigenvalue weighted by atomic mass is 10.1. The number of nitrogens with zero attached hydrogens (tertiary/aromatic N) is 2. The SMILES string of the molecule is O=C(N[C@H](C(=O)OCc1ccccc1)N1CCC1)c1cc2ccccc2cn1. The quantitative estimate of drug-likeness (QED) is 0.671. The third-order valence-corrected chi connectivity index (χ3v) is 4.83. The number of rotatable bonds is 6. The summed E-state index contributed by atoms with van der Waals surface area (Å²) in [5, 5.41) is 4.67. The van der Waals surface area contributed by atoms with Gasteiger partial charge in [0.1, 0.15) is 12.3 Å². The number of ether oxygens (including phenoxy) is 1. The summed E-state index contributed by atoms with van der Waals surface area (Å²) in [7, 11) is 0. The molecule has 1 atom stereocenters. The fourth-order valence-electron chi connectivity index (χ4n) is 3.11. The van der Waals surface area contributed by atoms with Crippen LogP contribution in [0.5, 0.6) is 0 Å². The van der Waals surface area contributed by atoms with Gasteiger partial charge in [-0.15, -0.1) is 0 Å². The number of aromatic nitrogens is 1. The van der Waals surface area contributed by atoms with Gasteiger partial charge in [-0.25, -0.2) is 4.79 Å². The number of likely N-dealkylation sites (tertiary alicyclic amines) is 1. The summed E-state index contributed by atoms with van der Waals surface area (Å²) >= 11 is 0. The van der Waals surface area contributed by atoms with Crippen molar-refractivity contribution in [1.29, 1.82) is 0 Å². The van der Waals surface area contributed by atoms with Gasteiger partial charge in [0.2, 0.25) is 0 Å². The predicted octanol–water partition coefficient (Wildman–Crippen LogP) is 2.74. The Bertz CT molecular complexity index is 986. The molecule has 1 N–H and O–H groups in total. The van der Waals surface area contributed by atoms with Crippen LogP contribution in [-0.2, 0) is 16.1 Å². The second-order valence-corrected chi connectivity index (χ2v) is 6.78. The van der Waals surface area contributed by atoms with E-state index in [0.29, 0.717) is 0 Å². The van der Waals surface area contributed by atoms with Crippen LogP contribution < -0.4 is 5.32 Å². The average molecular weight is 375 g/mol. The van der Waals surface area contributed by atoms with Crippen LogP contribution in [0.25, 0.3) is 10.8 Å². The number of carbonyl (C=O) groups is 2. The molecule has 142 valence electrons. The molecule has 0 saturated carbocycles. The van der Waals surface area contributed by atoms with Crippen molar-refractivity contribution in [2.24, 2.45) is 0 Å². The van der Waals surface area contributed by atoms with E-state index in [1.54, 1.807) is 12.3 Å². The second kappa shape index (κ2) is 8.19. The van der Waals surface area contributed by atoms with Gasteiger partial charge in [-0.05, 0) is 23.4 Å². The molecule has 0 radical (unpaired) electrons. The maximum Gasteiger partial charge on any atom is 0.344 e. The summed E-state index contributed by atoms with van der Waals surface area (Å²) in [6.45, 7) is 1.67. The molecular weight excluding hydrogens is 354 g/mol. The van der Waals surface area contributed by atoms with Gasteiger partial charge in [-0.1, -0.05) is 54.6 Å². The normalized spacial score (nSPS) is 14.9. The summed E-state index contributed by atoms with van der Waals surface area (Å²) in [5.74, 6) is -0.850. The number of pyridine rings is 1. The standard InChI is InChI=1S/C22H21N3O3/c26-21(19-13-17-9-4-5-10-18(17)14-23-19)24-20(25-11-6-12-25)22(27)28-15-16-7-2-1-3-8-16/h1-5,7-10,13-14,20H,6,11-12,15H2,(H,24,26)/t20-/m0/s1. The first kappa shape index (κ1) is 18.1. The van der Waals surface area contributed by atoms with Crippen molar-refractivity contribution in [1.82, 2.24) is 15.2 Å². The zero-order chi connectivity index (χ0) is 19.3. The molecule has 1 aliphatic rings. The maximum absolute atomic E-state index is 12.7. The topological polar surface area (TPSA) is 71.5 Å². The molecule has 1 saturated heterocycles. The molecule has 1 aromatic heterocycles. The van der Waals surface area contributed by atoms with Crippen molar-refractivity contribution in [3.8, 4) is 0 Å². The van der Waals surface area contributed by atoms with Gasteiger partial charge in [0.15, 0.2) is 6.17 Å². The number of nitrogens with one attached hydrogen (secondary N) is 1. The summed E-state index contributed by atoms with van der Waals surface area (Å²) in [6.07, 6.45) is 1.85. The Morgan fingerprint density at radius 1 is 1.04 bits per heavy atom. The summed E-state index contributed by atoms with van der Waals surface area (Å²) in [5.41, 5.74) is 1.18. The summed E-state index contributed by atoms with van der Waals surface area (Å²) in [4.78, 5) is 31.5. The Labute approximate surface area is 163 Å². The third-order valence-electron chi connectivity index (χ3n) is 4.83. The fourth-order valence-corrected chi connectivity index (χ4v) is 3.11. The predicted molar refractivity (Wildman–Crippen MR) is 105 cm³/mol. The highest BCUT2D eigenvalue weighted by Gasteiger charge is 2.33. The van der Waals surface area contributed by atoms with Crippen molar-refractivity contribution in [3.63, 3.8) is 0 Å². The van der Waals surface area contributed by atoms with Gasteiger partial charge >= 0.3 is 5.97 Å². The van der Waals surface area contributed by atoms with E-state index < -0.39 is 12.1 Å². The molecule has 0 unspecified atom stereocenters. The first-order valence-electron chi connectivity index (χ1n) is 9.31. The molecular formula is C22H21N3O3. The van der Waals surface area contributed by atoms with Crippen LogP contribution in [0.15, 0.2) is 66.9 Å². The molecule has 3 aromatic rings. The molecule has 6 heteroatoms. The van der Waals surface area contributed by atoms with Crippen LogP contribution in [0.2, 0.25) is 0 Å². The van der Waals surface area contributed by atoms with Crippen molar-refractivity contribution in [2.75, 3.05) is 13.1 Å². The van der Waals surface area contributed by atoms with E-state index in [1.807, 2.05) is 59.5 Å². The van der Waals surface area contributed by atoms with Gasteiger partial charge in [-0.2, -0.15) is 0 Å². The van der Waals surface area contributed by atoms with Gasteiger partial charge in [0, 0.05) is 24.7 Å². The molecule has 0 spiro atoms. The Kier molecular flexibility index (Phi) is 5.30. The van der Waals surface area contributed by atoms with Gasteiger partial charge in [0.25, 0.3) is 5.91 Å². The zero-order valence-corrected chi connectivity index (χ0v) is 15.4. The molecule has 1 amide bonds. The highest BCUT2D eigenvalue weighted by atomic mass is 16.5. The van der Waals surface area contributed by atoms with Gasteiger partial charge < -0.3 is 10.1 Å². The van der Waals surface area contributed by atoms with E-state index in [9.17, 15) is 9.59 Å². The Morgan fingerprint density at radius 3 is 2.46 bits per heavy atom. The van der Waals surface area contributed by atoms with Crippen molar-refractivity contribution in [2.45, 2.75) is 19.2 Å². The highest BCUT2D eigenvalue weighted by molar-refractivity contribution is 5.98. The third kappa shape index (κ3) is 4.02. The van der Waals surface area contributed by atoms with E-state index >= 15 is 0 Å². The summed E-state index contributed by atoms with van der Waals surface area (Å²) in [6, 6.07) is 18.9. The lowest BCUT2D eigenvalue weighted by molar-refractivity contribution is -0.154. The van der Waals surface area contributed by atoms with E-state index in [-0.39, 0.29) is 18.2 Å². The molecule has 1 fully saturated rings. The Morgan fingerprint density at radius 2 is 1.75 bits per heavy atom. The Balaban J connectivity index is 1.46. The minimum absolute atomic E-state index is 0.175. The number of hydrogen-bond donors (Lipinski definition) is 1. The molecule has 6 nitrogen and oxygen atoms in total. The van der Waals surface area contributed by atoms with Crippen LogP contribution in [0.1, 0.15) is 22.5 Å². The van der Waals surface area contributed by atoms with E-state index in [4.69, 9.17) is 4.74 Å². The first-order valence-corrected chi connectivity index (χ1v) is 9.31. The Hall–Kier alpha value is -3.25. The lowest BCUT2D eigenvalue weighted by Gasteiger charge is -2.36. The average Bonchev–Trinajstić information content (AvgIpc) is 2.70. The molecule has 4 rings (SSSR count). The van der Waals surface area contributed by atoms with Crippen molar-refractivity contribution < 1.29 is 14.3 Å². The molecule has 1 aliphatic heterocycles. The number of fused-ring (bicyclic) bond motifs is 1. The molecule has 2 heterocycles. The van der Waals surface area contributed by atoms with Crippen LogP contribution in [0.3, 0.4) is 0 Å². The molecule has 28 heavy (non-hydrogen) atoms. The number of esters is 1. The van der Waals surface area contributed by atoms with Crippen LogP contribution in [0, 0.1) is 0 Å². The van der Waals surface area contributed by atoms with Crippen LogP contribution in [0.4, 0.5) is 0 Å². The molecule has 2 aromatic carbocycles. The van der Waals surface area contributed by atoms with Crippen LogP contribution >= 0.6 is 0 Å². The molecule has 0 aliphatic carbocycles. The van der Waals surface area contributed by atoms with Crippen molar-refractivity contribution >= 4 is 22.6 Å². The number of carbonyl (C=O) groups excluding carboxylic acids is 2. The monoisotopic (exact) mass is 375 g/mol. The largest absolute Gasteiger partial charge is 0.458 e. The maximum atomic E-state index is 12.7. The second-order valence-electron chi connectivity index (χ2n) is 6.78. The smallest absolute Gasteiger partial charge is 0.344 e. The van der Waals surface area contributed by atoms with Crippen molar-refractivity contribution in [3.05, 3.63) is 78.1 Å². The minimum Gasteiger partial charge on any atom is -0.458 e. The fraction of sp³-hybridized carbons (Fsp3) is 0.227. The minimum atomic E-state index is -0.807. The first-order chi connectivity index (χ1) is 13.7. The van der Waals surface area contributed by atoms with E-state index in [2.05, 4.69) is 10.3 Å². The number of amides is 1.